The van der Waals surface area contributed by atoms with E-state index in [1.54, 1.807) is 37.5 Å². The highest BCUT2D eigenvalue weighted by Gasteiger charge is 2.31. The van der Waals surface area contributed by atoms with Crippen molar-refractivity contribution in [2.45, 2.75) is 19.3 Å². The molecule has 0 fully saturated rings. The van der Waals surface area contributed by atoms with E-state index in [1.165, 1.54) is 24.1 Å². The Bertz CT molecular complexity index is 1220. The number of carbonyl (C=O) groups is 2. The molecule has 4 rings (SSSR count). The fourth-order valence-corrected chi connectivity index (χ4v) is 3.70. The molecule has 1 N–H and O–H groups in total. The van der Waals surface area contributed by atoms with Crippen LogP contribution < -0.4 is 10.1 Å². The van der Waals surface area contributed by atoms with Crippen LogP contribution in [0.5, 0.6) is 5.88 Å². The molecule has 0 unspecified atom stereocenters. The molecule has 2 heterocycles. The third kappa shape index (κ3) is 4.74. The largest absolute Gasteiger partial charge is 0.480 e. The van der Waals surface area contributed by atoms with Crippen molar-refractivity contribution < 1.29 is 18.7 Å². The standard InChI is InChI=1S/C25H23FN4O3/c1-15-4-5-17(21-10-11-23(33-3)29-28-21)12-22(15)27-25(32)20-14-30(2)24(31)13-19(20)16-6-8-18(26)9-7-16/h4-12,14,19H,13H2,1-3H3,(H,27,32)/t19-/m0/s1. The molecule has 7 nitrogen and oxygen atoms in total. The smallest absolute Gasteiger partial charge is 0.253 e. The fourth-order valence-electron chi connectivity index (χ4n) is 3.70. The highest BCUT2D eigenvalue weighted by atomic mass is 19.1. The predicted octanol–water partition coefficient (Wildman–Crippen LogP) is 4.07. The van der Waals surface area contributed by atoms with Crippen molar-refractivity contribution in [2.75, 3.05) is 19.5 Å². The lowest BCUT2D eigenvalue weighted by Crippen LogP contribution is -2.33. The Kier molecular flexibility index (Phi) is 6.17. The van der Waals surface area contributed by atoms with E-state index in [2.05, 4.69) is 15.5 Å². The van der Waals surface area contributed by atoms with Gasteiger partial charge in [0, 0.05) is 48.5 Å². The van der Waals surface area contributed by atoms with Crippen molar-refractivity contribution >= 4 is 17.5 Å². The topological polar surface area (TPSA) is 84.4 Å². The van der Waals surface area contributed by atoms with Gasteiger partial charge in [0.25, 0.3) is 5.91 Å². The third-order valence-electron chi connectivity index (χ3n) is 5.65. The molecule has 1 aliphatic rings. The number of anilines is 1. The maximum atomic E-state index is 13.4. The van der Waals surface area contributed by atoms with Gasteiger partial charge in [-0.05, 0) is 42.3 Å². The van der Waals surface area contributed by atoms with E-state index in [0.29, 0.717) is 28.4 Å². The van der Waals surface area contributed by atoms with Gasteiger partial charge in [-0.15, -0.1) is 10.2 Å². The average molecular weight is 446 g/mol. The molecule has 1 atom stereocenters. The number of benzene rings is 2. The Morgan fingerprint density at radius 1 is 1.12 bits per heavy atom. The minimum absolute atomic E-state index is 0.114. The molecule has 8 heteroatoms. The molecular weight excluding hydrogens is 423 g/mol. The van der Waals surface area contributed by atoms with Crippen molar-refractivity contribution in [2.24, 2.45) is 0 Å². The zero-order chi connectivity index (χ0) is 23.5. The number of halogens is 1. The van der Waals surface area contributed by atoms with Crippen LogP contribution in [0.2, 0.25) is 0 Å². The lowest BCUT2D eigenvalue weighted by atomic mass is 9.85. The molecule has 1 aliphatic heterocycles. The van der Waals surface area contributed by atoms with Crippen LogP contribution in [0.25, 0.3) is 11.3 Å². The van der Waals surface area contributed by atoms with Crippen LogP contribution >= 0.6 is 0 Å². The van der Waals surface area contributed by atoms with E-state index >= 15 is 0 Å². The van der Waals surface area contributed by atoms with Gasteiger partial charge in [-0.1, -0.05) is 24.3 Å². The number of nitrogens with zero attached hydrogens (tertiary/aromatic N) is 3. The molecule has 3 aromatic rings. The van der Waals surface area contributed by atoms with Gasteiger partial charge in [-0.3, -0.25) is 9.59 Å². The summed E-state index contributed by atoms with van der Waals surface area (Å²) in [5.74, 6) is -0.872. The molecule has 2 aromatic carbocycles. The molecule has 1 aromatic heterocycles. The number of nitrogens with one attached hydrogen (secondary N) is 1. The quantitative estimate of drug-likeness (QED) is 0.639. The van der Waals surface area contributed by atoms with E-state index in [-0.39, 0.29) is 24.1 Å². The van der Waals surface area contributed by atoms with Crippen molar-refractivity contribution in [3.05, 3.63) is 83.3 Å². The number of hydrogen-bond donors (Lipinski definition) is 1. The van der Waals surface area contributed by atoms with Crippen LogP contribution in [-0.2, 0) is 9.59 Å². The first-order valence-electron chi connectivity index (χ1n) is 10.4. The van der Waals surface area contributed by atoms with Gasteiger partial charge in [0.1, 0.15) is 5.82 Å². The maximum Gasteiger partial charge on any atom is 0.253 e. The Balaban J connectivity index is 1.63. The SMILES string of the molecule is COc1ccc(-c2ccc(C)c(NC(=O)C3=CN(C)C(=O)C[C@H]3c3ccc(F)cc3)c2)nn1. The van der Waals surface area contributed by atoms with Crippen molar-refractivity contribution in [1.82, 2.24) is 15.1 Å². The second-order valence-electron chi connectivity index (χ2n) is 7.84. The number of aromatic nitrogens is 2. The molecule has 0 radical (unpaired) electrons. The number of rotatable bonds is 5. The van der Waals surface area contributed by atoms with Crippen LogP contribution in [0.15, 0.2) is 66.4 Å². The summed E-state index contributed by atoms with van der Waals surface area (Å²) < 4.78 is 18.5. The fraction of sp³-hybridized carbons (Fsp3) is 0.200. The molecule has 0 spiro atoms. The number of amides is 2. The van der Waals surface area contributed by atoms with Gasteiger partial charge in [0.2, 0.25) is 11.8 Å². The minimum atomic E-state index is -0.467. The molecule has 33 heavy (non-hydrogen) atoms. The van der Waals surface area contributed by atoms with Crippen LogP contribution in [-0.4, -0.2) is 41.1 Å². The van der Waals surface area contributed by atoms with E-state index in [0.717, 1.165) is 11.1 Å². The van der Waals surface area contributed by atoms with E-state index in [9.17, 15) is 14.0 Å². The first-order valence-corrected chi connectivity index (χ1v) is 10.4. The van der Waals surface area contributed by atoms with E-state index in [1.807, 2.05) is 25.1 Å². The number of carbonyl (C=O) groups excluding carboxylic acids is 2. The summed E-state index contributed by atoms with van der Waals surface area (Å²) in [6.07, 6.45) is 1.67. The lowest BCUT2D eigenvalue weighted by Gasteiger charge is -2.28. The predicted molar refractivity (Wildman–Crippen MR) is 122 cm³/mol. The molecule has 168 valence electrons. The van der Waals surface area contributed by atoms with Gasteiger partial charge < -0.3 is 15.0 Å². The van der Waals surface area contributed by atoms with Crippen LogP contribution in [0.4, 0.5) is 10.1 Å². The second-order valence-corrected chi connectivity index (χ2v) is 7.84. The summed E-state index contributed by atoms with van der Waals surface area (Å²) in [6, 6.07) is 15.0. The monoisotopic (exact) mass is 446 g/mol. The summed E-state index contributed by atoms with van der Waals surface area (Å²) in [4.78, 5) is 27.1. The zero-order valence-corrected chi connectivity index (χ0v) is 18.5. The summed E-state index contributed by atoms with van der Waals surface area (Å²) in [5, 5.41) is 11.1. The van der Waals surface area contributed by atoms with Crippen LogP contribution in [0.1, 0.15) is 23.5 Å². The zero-order valence-electron chi connectivity index (χ0n) is 18.5. The molecule has 0 saturated heterocycles. The van der Waals surface area contributed by atoms with Crippen LogP contribution in [0, 0.1) is 12.7 Å². The summed E-state index contributed by atoms with van der Waals surface area (Å²) in [6.45, 7) is 1.89. The van der Waals surface area contributed by atoms with Crippen molar-refractivity contribution in [3.8, 4) is 17.1 Å². The van der Waals surface area contributed by atoms with Crippen LogP contribution in [0.3, 0.4) is 0 Å². The highest BCUT2D eigenvalue weighted by Crippen LogP contribution is 2.34. The van der Waals surface area contributed by atoms with Gasteiger partial charge in [0.05, 0.1) is 12.8 Å². The normalized spacial score (nSPS) is 15.8. The Hall–Kier alpha value is -4.07. The summed E-state index contributed by atoms with van der Waals surface area (Å²) >= 11 is 0. The average Bonchev–Trinajstić information content (AvgIpc) is 2.82. The minimum Gasteiger partial charge on any atom is -0.480 e. The van der Waals surface area contributed by atoms with Gasteiger partial charge in [0.15, 0.2) is 0 Å². The van der Waals surface area contributed by atoms with Crippen molar-refractivity contribution in [1.29, 1.82) is 0 Å². The number of methoxy groups -OCH3 is 1. The molecule has 0 bridgehead atoms. The molecular formula is C25H23FN4O3. The van der Waals surface area contributed by atoms with Crippen molar-refractivity contribution in [3.63, 3.8) is 0 Å². The first kappa shape index (κ1) is 22.1. The number of aryl methyl sites for hydroxylation is 1. The maximum absolute atomic E-state index is 13.4. The molecule has 0 saturated carbocycles. The number of ether oxygens (including phenoxy) is 1. The highest BCUT2D eigenvalue weighted by molar-refractivity contribution is 6.07. The molecule has 2 amide bonds. The van der Waals surface area contributed by atoms with Gasteiger partial charge in [-0.2, -0.15) is 0 Å². The Morgan fingerprint density at radius 3 is 2.55 bits per heavy atom. The van der Waals surface area contributed by atoms with E-state index < -0.39 is 5.92 Å². The third-order valence-corrected chi connectivity index (χ3v) is 5.65. The summed E-state index contributed by atoms with van der Waals surface area (Å²) in [7, 11) is 3.14. The van der Waals surface area contributed by atoms with Gasteiger partial charge in [-0.25, -0.2) is 4.39 Å². The Morgan fingerprint density at radius 2 is 1.88 bits per heavy atom. The first-order chi connectivity index (χ1) is 15.9. The summed E-state index contributed by atoms with van der Waals surface area (Å²) in [5.41, 5.74) is 4.04. The van der Waals surface area contributed by atoms with Gasteiger partial charge >= 0.3 is 0 Å². The number of hydrogen-bond acceptors (Lipinski definition) is 5. The second kappa shape index (κ2) is 9.20. The van der Waals surface area contributed by atoms with E-state index in [4.69, 9.17) is 4.74 Å². The molecule has 0 aliphatic carbocycles. The lowest BCUT2D eigenvalue weighted by molar-refractivity contribution is -0.128. The Labute approximate surface area is 190 Å².